The van der Waals surface area contributed by atoms with Gasteiger partial charge in [0.1, 0.15) is 5.82 Å². The van der Waals surface area contributed by atoms with Crippen LogP contribution >= 0.6 is 11.6 Å². The predicted octanol–water partition coefficient (Wildman–Crippen LogP) is 4.06. The Bertz CT molecular complexity index is 314. The zero-order valence-electron chi connectivity index (χ0n) is 8.97. The van der Waals surface area contributed by atoms with Gasteiger partial charge in [-0.3, -0.25) is 0 Å². The summed E-state index contributed by atoms with van der Waals surface area (Å²) in [7, 11) is 0. The third-order valence-corrected chi connectivity index (χ3v) is 2.71. The molecule has 0 aromatic heterocycles. The molecule has 3 heteroatoms. The number of halogens is 2. The van der Waals surface area contributed by atoms with Gasteiger partial charge in [0.15, 0.2) is 0 Å². The molecule has 0 heterocycles. The smallest absolute Gasteiger partial charge is 0.128 e. The summed E-state index contributed by atoms with van der Waals surface area (Å²) in [6.07, 6.45) is 4.12. The highest BCUT2D eigenvalue weighted by atomic mass is 35.5. The average Bonchev–Trinajstić information content (AvgIpc) is 2.22. The second kappa shape index (κ2) is 6.09. The van der Waals surface area contributed by atoms with Crippen LogP contribution in [0.2, 0.25) is 5.02 Å². The fraction of sp³-hybridized carbons (Fsp3) is 0.500. The first-order valence-corrected chi connectivity index (χ1v) is 5.73. The molecule has 1 aromatic rings. The minimum atomic E-state index is -0.261. The van der Waals surface area contributed by atoms with Gasteiger partial charge in [0.25, 0.3) is 0 Å². The molecule has 0 fully saturated rings. The molecule has 0 amide bonds. The standard InChI is InChI=1S/C12H17ClFN/c1-2-3-4-5-12(15)10-8-9(13)6-7-11(10)14/h6-8,12H,2-5,15H2,1H3/t12-/m0/s1. The Balaban J connectivity index is 2.64. The molecule has 1 nitrogen and oxygen atoms in total. The van der Waals surface area contributed by atoms with E-state index < -0.39 is 0 Å². The first-order valence-electron chi connectivity index (χ1n) is 5.35. The van der Waals surface area contributed by atoms with Crippen LogP contribution in [0.5, 0.6) is 0 Å². The SMILES string of the molecule is CCCCC[C@H](N)c1cc(Cl)ccc1F. The lowest BCUT2D eigenvalue weighted by Crippen LogP contribution is -2.12. The molecule has 1 aromatic carbocycles. The van der Waals surface area contributed by atoms with Crippen molar-refractivity contribution in [2.24, 2.45) is 5.73 Å². The fourth-order valence-electron chi connectivity index (χ4n) is 1.57. The first kappa shape index (κ1) is 12.5. The van der Waals surface area contributed by atoms with Crippen LogP contribution in [0.3, 0.4) is 0 Å². The van der Waals surface area contributed by atoms with Crippen LogP contribution in [-0.4, -0.2) is 0 Å². The number of benzene rings is 1. The van der Waals surface area contributed by atoms with Gasteiger partial charge in [-0.25, -0.2) is 4.39 Å². The molecule has 0 unspecified atom stereocenters. The van der Waals surface area contributed by atoms with Gasteiger partial charge in [0.2, 0.25) is 0 Å². The van der Waals surface area contributed by atoms with Crippen molar-refractivity contribution in [3.63, 3.8) is 0 Å². The second-order valence-electron chi connectivity index (χ2n) is 3.77. The number of hydrogen-bond acceptors (Lipinski definition) is 1. The van der Waals surface area contributed by atoms with E-state index in [2.05, 4.69) is 6.92 Å². The number of unbranched alkanes of at least 4 members (excludes halogenated alkanes) is 2. The fourth-order valence-corrected chi connectivity index (χ4v) is 1.75. The quantitative estimate of drug-likeness (QED) is 0.758. The van der Waals surface area contributed by atoms with Crippen molar-refractivity contribution in [3.8, 4) is 0 Å². The van der Waals surface area contributed by atoms with E-state index in [9.17, 15) is 4.39 Å². The van der Waals surface area contributed by atoms with Gasteiger partial charge in [0.05, 0.1) is 0 Å². The third kappa shape index (κ3) is 3.80. The number of rotatable bonds is 5. The maximum Gasteiger partial charge on any atom is 0.128 e. The van der Waals surface area contributed by atoms with Crippen molar-refractivity contribution >= 4 is 11.6 Å². The molecule has 1 rings (SSSR count). The first-order chi connectivity index (χ1) is 7.15. The lowest BCUT2D eigenvalue weighted by molar-refractivity contribution is 0.539. The predicted molar refractivity (Wildman–Crippen MR) is 62.5 cm³/mol. The molecule has 0 saturated heterocycles. The maximum absolute atomic E-state index is 13.4. The van der Waals surface area contributed by atoms with Gasteiger partial charge < -0.3 is 5.73 Å². The van der Waals surface area contributed by atoms with E-state index in [0.29, 0.717) is 10.6 Å². The Morgan fingerprint density at radius 1 is 1.40 bits per heavy atom. The van der Waals surface area contributed by atoms with Crippen LogP contribution in [0.4, 0.5) is 4.39 Å². The minimum Gasteiger partial charge on any atom is -0.324 e. The van der Waals surface area contributed by atoms with Gasteiger partial charge in [0, 0.05) is 16.6 Å². The molecule has 0 aliphatic rings. The van der Waals surface area contributed by atoms with Gasteiger partial charge in [-0.15, -0.1) is 0 Å². The average molecular weight is 230 g/mol. The van der Waals surface area contributed by atoms with Gasteiger partial charge >= 0.3 is 0 Å². The largest absolute Gasteiger partial charge is 0.324 e. The van der Waals surface area contributed by atoms with Gasteiger partial charge in [-0.05, 0) is 24.6 Å². The maximum atomic E-state index is 13.4. The summed E-state index contributed by atoms with van der Waals surface area (Å²) >= 11 is 5.80. The number of hydrogen-bond donors (Lipinski definition) is 1. The van der Waals surface area contributed by atoms with Crippen molar-refractivity contribution < 1.29 is 4.39 Å². The van der Waals surface area contributed by atoms with Gasteiger partial charge in [-0.1, -0.05) is 37.8 Å². The summed E-state index contributed by atoms with van der Waals surface area (Å²) in [6.45, 7) is 2.13. The normalized spacial score (nSPS) is 12.8. The van der Waals surface area contributed by atoms with Crippen molar-refractivity contribution in [3.05, 3.63) is 34.6 Å². The Hall–Kier alpha value is -0.600. The zero-order valence-corrected chi connectivity index (χ0v) is 9.73. The lowest BCUT2D eigenvalue weighted by atomic mass is 10.0. The molecule has 0 saturated carbocycles. The molecular formula is C12H17ClFN. The van der Waals surface area contributed by atoms with E-state index in [1.807, 2.05) is 0 Å². The summed E-state index contributed by atoms with van der Waals surface area (Å²) in [6, 6.07) is 4.29. The van der Waals surface area contributed by atoms with Crippen LogP contribution in [0.25, 0.3) is 0 Å². The number of nitrogens with two attached hydrogens (primary N) is 1. The van der Waals surface area contributed by atoms with E-state index in [1.54, 1.807) is 12.1 Å². The molecule has 2 N–H and O–H groups in total. The monoisotopic (exact) mass is 229 g/mol. The van der Waals surface area contributed by atoms with E-state index >= 15 is 0 Å². The van der Waals surface area contributed by atoms with Crippen molar-refractivity contribution in [2.75, 3.05) is 0 Å². The topological polar surface area (TPSA) is 26.0 Å². The van der Waals surface area contributed by atoms with E-state index in [-0.39, 0.29) is 11.9 Å². The molecule has 84 valence electrons. The van der Waals surface area contributed by atoms with E-state index in [0.717, 1.165) is 25.7 Å². The molecule has 0 aliphatic heterocycles. The van der Waals surface area contributed by atoms with Crippen molar-refractivity contribution in [2.45, 2.75) is 38.6 Å². The lowest BCUT2D eigenvalue weighted by Gasteiger charge is -2.12. The Morgan fingerprint density at radius 3 is 2.80 bits per heavy atom. The second-order valence-corrected chi connectivity index (χ2v) is 4.20. The molecule has 0 spiro atoms. The summed E-state index contributed by atoms with van der Waals surface area (Å²) in [4.78, 5) is 0. The van der Waals surface area contributed by atoms with Crippen LogP contribution in [0.1, 0.15) is 44.2 Å². The highest BCUT2D eigenvalue weighted by Crippen LogP contribution is 2.23. The van der Waals surface area contributed by atoms with Crippen molar-refractivity contribution in [1.29, 1.82) is 0 Å². The molecule has 0 aliphatic carbocycles. The van der Waals surface area contributed by atoms with E-state index in [4.69, 9.17) is 17.3 Å². The molecule has 1 atom stereocenters. The van der Waals surface area contributed by atoms with Gasteiger partial charge in [-0.2, -0.15) is 0 Å². The highest BCUT2D eigenvalue weighted by molar-refractivity contribution is 6.30. The third-order valence-electron chi connectivity index (χ3n) is 2.48. The summed E-state index contributed by atoms with van der Waals surface area (Å²) in [5, 5.41) is 0.539. The van der Waals surface area contributed by atoms with Crippen LogP contribution in [0, 0.1) is 5.82 Å². The van der Waals surface area contributed by atoms with Crippen LogP contribution < -0.4 is 5.73 Å². The molecule has 0 bridgehead atoms. The summed E-state index contributed by atoms with van der Waals surface area (Å²) < 4.78 is 13.4. The summed E-state index contributed by atoms with van der Waals surface area (Å²) in [5.41, 5.74) is 6.43. The Kier molecular flexibility index (Phi) is 5.06. The molecular weight excluding hydrogens is 213 g/mol. The minimum absolute atomic E-state index is 0.241. The molecule has 0 radical (unpaired) electrons. The summed E-state index contributed by atoms with van der Waals surface area (Å²) in [5.74, 6) is -0.261. The Labute approximate surface area is 95.4 Å². The highest BCUT2D eigenvalue weighted by Gasteiger charge is 2.11. The van der Waals surface area contributed by atoms with E-state index in [1.165, 1.54) is 6.07 Å². The van der Waals surface area contributed by atoms with Crippen LogP contribution in [-0.2, 0) is 0 Å². The zero-order chi connectivity index (χ0) is 11.3. The van der Waals surface area contributed by atoms with Crippen LogP contribution in [0.15, 0.2) is 18.2 Å². The Morgan fingerprint density at radius 2 is 2.13 bits per heavy atom. The van der Waals surface area contributed by atoms with Crippen molar-refractivity contribution in [1.82, 2.24) is 0 Å². The molecule has 15 heavy (non-hydrogen) atoms.